The molecule has 17 heavy (non-hydrogen) atoms. The average molecular weight is 252 g/mol. The minimum absolute atomic E-state index is 0.272. The highest BCUT2D eigenvalue weighted by atomic mass is 32.1. The van der Waals surface area contributed by atoms with Crippen molar-refractivity contribution in [3.05, 3.63) is 22.4 Å². The predicted octanol–water partition coefficient (Wildman–Crippen LogP) is 3.10. The van der Waals surface area contributed by atoms with Gasteiger partial charge in [0.15, 0.2) is 0 Å². The molecule has 2 nitrogen and oxygen atoms in total. The van der Waals surface area contributed by atoms with E-state index in [1.54, 1.807) is 0 Å². The van der Waals surface area contributed by atoms with Crippen molar-refractivity contribution < 1.29 is 0 Å². The zero-order valence-corrected chi connectivity index (χ0v) is 12.0. The molecule has 0 spiro atoms. The molecule has 1 N–H and O–H groups in total. The summed E-state index contributed by atoms with van der Waals surface area (Å²) >= 11 is 1.87. The Balaban J connectivity index is 2.00. The van der Waals surface area contributed by atoms with Crippen LogP contribution in [0.3, 0.4) is 0 Å². The molecule has 1 atom stereocenters. The molecule has 0 aliphatic carbocycles. The molecular weight excluding hydrogens is 228 g/mol. The molecule has 1 aliphatic heterocycles. The average Bonchev–Trinajstić information content (AvgIpc) is 2.76. The van der Waals surface area contributed by atoms with Crippen LogP contribution in [0.1, 0.15) is 38.5 Å². The molecule has 3 heteroatoms. The van der Waals surface area contributed by atoms with Gasteiger partial charge >= 0.3 is 0 Å². The second-order valence-electron chi connectivity index (χ2n) is 5.64. The Morgan fingerprint density at radius 2 is 2.35 bits per heavy atom. The molecule has 1 saturated heterocycles. The first-order valence-electron chi connectivity index (χ1n) is 6.62. The third-order valence-corrected chi connectivity index (χ3v) is 4.55. The van der Waals surface area contributed by atoms with Gasteiger partial charge < -0.3 is 5.32 Å². The Morgan fingerprint density at radius 1 is 1.53 bits per heavy atom. The van der Waals surface area contributed by atoms with E-state index < -0.39 is 0 Å². The van der Waals surface area contributed by atoms with Gasteiger partial charge in [0.25, 0.3) is 0 Å². The third kappa shape index (κ3) is 3.30. The first kappa shape index (κ1) is 13.1. The zero-order chi connectivity index (χ0) is 12.3. The SMILES string of the molecule is CCCC1CN(Cc2cccs2)C(C)(C)CN1. The van der Waals surface area contributed by atoms with Crippen LogP contribution < -0.4 is 5.32 Å². The molecule has 1 unspecified atom stereocenters. The molecule has 1 fully saturated rings. The van der Waals surface area contributed by atoms with E-state index in [0.29, 0.717) is 6.04 Å². The molecule has 0 radical (unpaired) electrons. The predicted molar refractivity (Wildman–Crippen MR) is 75.5 cm³/mol. The minimum atomic E-state index is 0.272. The van der Waals surface area contributed by atoms with Crippen LogP contribution in [0.4, 0.5) is 0 Å². The fourth-order valence-electron chi connectivity index (χ4n) is 2.49. The number of nitrogens with zero attached hydrogens (tertiary/aromatic N) is 1. The van der Waals surface area contributed by atoms with Crippen molar-refractivity contribution in [3.63, 3.8) is 0 Å². The summed E-state index contributed by atoms with van der Waals surface area (Å²) in [7, 11) is 0. The lowest BCUT2D eigenvalue weighted by atomic mass is 9.96. The topological polar surface area (TPSA) is 15.3 Å². The molecule has 96 valence electrons. The van der Waals surface area contributed by atoms with Gasteiger partial charge in [-0.05, 0) is 31.7 Å². The molecule has 0 bridgehead atoms. The zero-order valence-electron chi connectivity index (χ0n) is 11.2. The fraction of sp³-hybridized carbons (Fsp3) is 0.714. The highest BCUT2D eigenvalue weighted by Gasteiger charge is 2.33. The van der Waals surface area contributed by atoms with Crippen molar-refractivity contribution in [3.8, 4) is 0 Å². The molecule has 2 rings (SSSR count). The molecule has 1 aromatic heterocycles. The van der Waals surface area contributed by atoms with Gasteiger partial charge in [0, 0.05) is 36.1 Å². The van der Waals surface area contributed by atoms with Crippen molar-refractivity contribution in [2.24, 2.45) is 0 Å². The van der Waals surface area contributed by atoms with Crippen LogP contribution in [-0.4, -0.2) is 29.6 Å². The quantitative estimate of drug-likeness (QED) is 0.886. The smallest absolute Gasteiger partial charge is 0.0334 e. The summed E-state index contributed by atoms with van der Waals surface area (Å²) in [5, 5.41) is 5.86. The first-order chi connectivity index (χ1) is 8.12. The van der Waals surface area contributed by atoms with E-state index in [4.69, 9.17) is 0 Å². The Bertz CT molecular complexity index is 332. The van der Waals surface area contributed by atoms with Gasteiger partial charge in [-0.3, -0.25) is 4.90 Å². The lowest BCUT2D eigenvalue weighted by Gasteiger charge is -2.46. The largest absolute Gasteiger partial charge is 0.311 e. The molecule has 0 aromatic carbocycles. The maximum absolute atomic E-state index is 3.68. The maximum atomic E-state index is 3.68. The lowest BCUT2D eigenvalue weighted by Crippen LogP contribution is -2.61. The van der Waals surface area contributed by atoms with Crippen molar-refractivity contribution in [1.82, 2.24) is 10.2 Å². The summed E-state index contributed by atoms with van der Waals surface area (Å²) < 4.78 is 0. The van der Waals surface area contributed by atoms with E-state index in [1.165, 1.54) is 24.3 Å². The van der Waals surface area contributed by atoms with Crippen LogP contribution in [0.2, 0.25) is 0 Å². The highest BCUT2D eigenvalue weighted by Crippen LogP contribution is 2.24. The second-order valence-corrected chi connectivity index (χ2v) is 6.67. The van der Waals surface area contributed by atoms with E-state index in [9.17, 15) is 0 Å². The Morgan fingerprint density at radius 3 is 3.00 bits per heavy atom. The number of hydrogen-bond donors (Lipinski definition) is 1. The van der Waals surface area contributed by atoms with E-state index >= 15 is 0 Å². The summed E-state index contributed by atoms with van der Waals surface area (Å²) in [5.74, 6) is 0. The van der Waals surface area contributed by atoms with Crippen LogP contribution in [0.5, 0.6) is 0 Å². The van der Waals surface area contributed by atoms with Gasteiger partial charge in [0.2, 0.25) is 0 Å². The molecule has 1 aromatic rings. The standard InChI is InChI=1S/C14H24N2S/c1-4-6-12-9-16(14(2,3)11-15-12)10-13-7-5-8-17-13/h5,7-8,12,15H,4,6,9-11H2,1-3H3. The van der Waals surface area contributed by atoms with Crippen LogP contribution >= 0.6 is 11.3 Å². The van der Waals surface area contributed by atoms with Crippen molar-refractivity contribution >= 4 is 11.3 Å². The lowest BCUT2D eigenvalue weighted by molar-refractivity contribution is 0.0573. The molecule has 0 saturated carbocycles. The normalized spacial score (nSPS) is 25.0. The van der Waals surface area contributed by atoms with E-state index in [0.717, 1.165) is 13.1 Å². The molecule has 0 amide bonds. The molecular formula is C14H24N2S. The van der Waals surface area contributed by atoms with Gasteiger partial charge in [-0.2, -0.15) is 0 Å². The van der Waals surface area contributed by atoms with Crippen molar-refractivity contribution in [1.29, 1.82) is 0 Å². The number of piperazine rings is 1. The van der Waals surface area contributed by atoms with Crippen molar-refractivity contribution in [2.45, 2.75) is 51.7 Å². The van der Waals surface area contributed by atoms with Gasteiger partial charge in [-0.1, -0.05) is 19.4 Å². The van der Waals surface area contributed by atoms with Crippen molar-refractivity contribution in [2.75, 3.05) is 13.1 Å². The van der Waals surface area contributed by atoms with Gasteiger partial charge in [-0.25, -0.2) is 0 Å². The summed E-state index contributed by atoms with van der Waals surface area (Å²) in [6, 6.07) is 5.07. The number of thiophene rings is 1. The summed E-state index contributed by atoms with van der Waals surface area (Å²) in [6.07, 6.45) is 2.56. The van der Waals surface area contributed by atoms with Crippen LogP contribution in [0.15, 0.2) is 17.5 Å². The van der Waals surface area contributed by atoms with Gasteiger partial charge in [-0.15, -0.1) is 11.3 Å². The summed E-state index contributed by atoms with van der Waals surface area (Å²) in [4.78, 5) is 4.12. The third-order valence-electron chi connectivity index (χ3n) is 3.68. The van der Waals surface area contributed by atoms with Crippen LogP contribution in [-0.2, 0) is 6.54 Å². The highest BCUT2D eigenvalue weighted by molar-refractivity contribution is 7.09. The van der Waals surface area contributed by atoms with Gasteiger partial charge in [0.1, 0.15) is 0 Å². The number of rotatable bonds is 4. The fourth-order valence-corrected chi connectivity index (χ4v) is 3.21. The molecule has 2 heterocycles. The second kappa shape index (κ2) is 5.51. The van der Waals surface area contributed by atoms with Crippen LogP contribution in [0, 0.1) is 0 Å². The minimum Gasteiger partial charge on any atom is -0.311 e. The number of hydrogen-bond acceptors (Lipinski definition) is 3. The van der Waals surface area contributed by atoms with Crippen LogP contribution in [0.25, 0.3) is 0 Å². The molecule has 1 aliphatic rings. The Labute approximate surface area is 109 Å². The monoisotopic (exact) mass is 252 g/mol. The Hall–Kier alpha value is -0.380. The number of nitrogens with one attached hydrogen (secondary N) is 1. The maximum Gasteiger partial charge on any atom is 0.0334 e. The summed E-state index contributed by atoms with van der Waals surface area (Å²) in [5.41, 5.74) is 0.272. The summed E-state index contributed by atoms with van der Waals surface area (Å²) in [6.45, 7) is 10.3. The first-order valence-corrected chi connectivity index (χ1v) is 7.50. The Kier molecular flexibility index (Phi) is 4.23. The van der Waals surface area contributed by atoms with E-state index in [-0.39, 0.29) is 5.54 Å². The van der Waals surface area contributed by atoms with E-state index in [2.05, 4.69) is 48.5 Å². The van der Waals surface area contributed by atoms with Gasteiger partial charge in [0.05, 0.1) is 0 Å². The van der Waals surface area contributed by atoms with E-state index in [1.807, 2.05) is 11.3 Å².